The fraction of sp³-hybridized carbons (Fsp3) is 0.263. The van der Waals surface area contributed by atoms with Gasteiger partial charge in [0.2, 0.25) is 0 Å². The lowest BCUT2D eigenvalue weighted by atomic mass is 10.1. The zero-order valence-electron chi connectivity index (χ0n) is 13.3. The van der Waals surface area contributed by atoms with E-state index in [0.717, 1.165) is 18.0 Å². The summed E-state index contributed by atoms with van der Waals surface area (Å²) in [7, 11) is 0. The normalized spacial score (nSPS) is 11.8. The Morgan fingerprint density at radius 3 is 2.14 bits per heavy atom. The second-order valence-corrected chi connectivity index (χ2v) is 5.97. The second kappa shape index (κ2) is 8.02. The van der Waals surface area contributed by atoms with Crippen LogP contribution in [-0.2, 0) is 0 Å². The first kappa shape index (κ1) is 16.6. The molecule has 0 aliphatic heterocycles. The number of benzene rings is 2. The first-order valence-corrected chi connectivity index (χ1v) is 7.86. The van der Waals surface area contributed by atoms with Crippen LogP contribution in [0.1, 0.15) is 26.3 Å². The molecule has 0 saturated heterocycles. The zero-order chi connectivity index (χ0) is 15.9. The van der Waals surface area contributed by atoms with Gasteiger partial charge in [-0.25, -0.2) is 0 Å². The molecule has 2 aromatic carbocycles. The van der Waals surface area contributed by atoms with Crippen LogP contribution in [-0.4, -0.2) is 12.6 Å². The summed E-state index contributed by atoms with van der Waals surface area (Å²) < 4.78 is 5.79. The highest BCUT2D eigenvalue weighted by atomic mass is 35.5. The molecule has 0 heterocycles. The number of halogens is 1. The molecule has 2 nitrogen and oxygen atoms in total. The van der Waals surface area contributed by atoms with Gasteiger partial charge in [0.05, 0.1) is 0 Å². The maximum atomic E-state index is 5.86. The number of hydrogen-bond acceptors (Lipinski definition) is 2. The Hall–Kier alpha value is -1.77. The van der Waals surface area contributed by atoms with Gasteiger partial charge in [-0.05, 0) is 54.5 Å². The summed E-state index contributed by atoms with van der Waals surface area (Å²) in [5.41, 5.74) is 2.46. The van der Waals surface area contributed by atoms with Crippen molar-refractivity contribution < 1.29 is 4.74 Å². The molecular weight excluding hydrogens is 294 g/mol. The van der Waals surface area contributed by atoms with Crippen LogP contribution in [0.2, 0.25) is 5.02 Å². The van der Waals surface area contributed by atoms with E-state index in [-0.39, 0.29) is 0 Å². The van der Waals surface area contributed by atoms with Crippen LogP contribution in [0.4, 0.5) is 0 Å². The molecule has 3 heteroatoms. The lowest BCUT2D eigenvalue weighted by molar-refractivity contribution is 0.482. The number of rotatable bonds is 6. The smallest absolute Gasteiger partial charge is 0.127 e. The van der Waals surface area contributed by atoms with Gasteiger partial charge in [-0.3, -0.25) is 0 Å². The summed E-state index contributed by atoms with van der Waals surface area (Å²) in [6, 6.07) is 16.0. The maximum Gasteiger partial charge on any atom is 0.127 e. The number of allylic oxidation sites excluding steroid dienone is 1. The van der Waals surface area contributed by atoms with Gasteiger partial charge in [0.15, 0.2) is 0 Å². The van der Waals surface area contributed by atoms with Crippen molar-refractivity contribution in [3.8, 4) is 11.5 Å². The van der Waals surface area contributed by atoms with E-state index in [4.69, 9.17) is 16.3 Å². The highest BCUT2D eigenvalue weighted by Gasteiger charge is 2.00. The minimum atomic E-state index is 0.499. The van der Waals surface area contributed by atoms with Gasteiger partial charge in [-0.15, -0.1) is 0 Å². The lowest BCUT2D eigenvalue weighted by Gasteiger charge is -2.08. The Balaban J connectivity index is 1.99. The van der Waals surface area contributed by atoms with Crippen LogP contribution < -0.4 is 10.1 Å². The first-order chi connectivity index (χ1) is 10.5. The molecule has 2 aromatic rings. The van der Waals surface area contributed by atoms with E-state index in [1.807, 2.05) is 36.4 Å². The molecule has 0 radical (unpaired) electrons. The highest BCUT2D eigenvalue weighted by Crippen LogP contribution is 2.24. The minimum Gasteiger partial charge on any atom is -0.457 e. The second-order valence-electron chi connectivity index (χ2n) is 5.53. The average Bonchev–Trinajstić information content (AvgIpc) is 2.50. The number of nitrogens with one attached hydrogen (secondary N) is 1. The maximum absolute atomic E-state index is 5.86. The molecule has 0 aliphatic rings. The summed E-state index contributed by atoms with van der Waals surface area (Å²) in [5.74, 6) is 1.60. The molecule has 0 fully saturated rings. The summed E-state index contributed by atoms with van der Waals surface area (Å²) in [4.78, 5) is 0. The summed E-state index contributed by atoms with van der Waals surface area (Å²) in [5, 5.41) is 4.09. The molecule has 116 valence electrons. The Bertz CT molecular complexity index is 615. The van der Waals surface area contributed by atoms with Crippen molar-refractivity contribution in [1.29, 1.82) is 0 Å². The van der Waals surface area contributed by atoms with E-state index in [1.165, 1.54) is 11.1 Å². The van der Waals surface area contributed by atoms with E-state index in [1.54, 1.807) is 0 Å². The Morgan fingerprint density at radius 1 is 1.05 bits per heavy atom. The van der Waals surface area contributed by atoms with E-state index in [2.05, 4.69) is 44.3 Å². The fourth-order valence-corrected chi connectivity index (χ4v) is 2.12. The third-order valence-corrected chi connectivity index (χ3v) is 3.55. The van der Waals surface area contributed by atoms with Crippen LogP contribution in [0.25, 0.3) is 5.57 Å². The predicted octanol–water partition coefficient (Wildman–Crippen LogP) is 5.53. The Morgan fingerprint density at radius 2 is 1.59 bits per heavy atom. The van der Waals surface area contributed by atoms with Crippen LogP contribution in [0.3, 0.4) is 0 Å². The van der Waals surface area contributed by atoms with E-state index in [9.17, 15) is 0 Å². The molecule has 1 N–H and O–H groups in total. The van der Waals surface area contributed by atoms with Gasteiger partial charge >= 0.3 is 0 Å². The monoisotopic (exact) mass is 315 g/mol. The lowest BCUT2D eigenvalue weighted by Crippen LogP contribution is -2.22. The molecule has 0 aromatic heterocycles. The third kappa shape index (κ3) is 5.21. The van der Waals surface area contributed by atoms with Crippen molar-refractivity contribution in [1.82, 2.24) is 5.32 Å². The summed E-state index contributed by atoms with van der Waals surface area (Å²) in [6.07, 6.45) is 2.20. The standard InChI is InChI=1S/C19H22ClNO/c1-14(2)21-13-12-15(3)16-4-8-18(9-5-16)22-19-10-6-17(20)7-11-19/h4-12,14,21H,13H2,1-3H3. The van der Waals surface area contributed by atoms with E-state index >= 15 is 0 Å². The van der Waals surface area contributed by atoms with Crippen LogP contribution in [0.15, 0.2) is 54.6 Å². The van der Waals surface area contributed by atoms with Crippen molar-refractivity contribution >= 4 is 17.2 Å². The number of ether oxygens (including phenoxy) is 1. The summed E-state index contributed by atoms with van der Waals surface area (Å²) >= 11 is 5.86. The quantitative estimate of drug-likeness (QED) is 0.756. The van der Waals surface area contributed by atoms with Crippen molar-refractivity contribution in [2.24, 2.45) is 0 Å². The van der Waals surface area contributed by atoms with Gasteiger partial charge < -0.3 is 10.1 Å². The molecule has 0 spiro atoms. The van der Waals surface area contributed by atoms with E-state index in [0.29, 0.717) is 11.1 Å². The van der Waals surface area contributed by atoms with Crippen LogP contribution >= 0.6 is 11.6 Å². The molecule has 0 atom stereocenters. The molecule has 0 bridgehead atoms. The molecule has 22 heavy (non-hydrogen) atoms. The SMILES string of the molecule is CC(=CCNC(C)C)c1ccc(Oc2ccc(Cl)cc2)cc1. The zero-order valence-corrected chi connectivity index (χ0v) is 14.0. The van der Waals surface area contributed by atoms with Crippen LogP contribution in [0.5, 0.6) is 11.5 Å². The average molecular weight is 316 g/mol. The Kier molecular flexibility index (Phi) is 6.05. The van der Waals surface area contributed by atoms with Gasteiger partial charge in [0.25, 0.3) is 0 Å². The van der Waals surface area contributed by atoms with Crippen molar-refractivity contribution in [3.63, 3.8) is 0 Å². The van der Waals surface area contributed by atoms with Gasteiger partial charge in [-0.2, -0.15) is 0 Å². The molecular formula is C19H22ClNO. The van der Waals surface area contributed by atoms with Crippen molar-refractivity contribution in [3.05, 3.63) is 65.2 Å². The molecule has 0 aliphatic carbocycles. The molecule has 0 saturated carbocycles. The predicted molar refractivity (Wildman–Crippen MR) is 94.8 cm³/mol. The largest absolute Gasteiger partial charge is 0.457 e. The summed E-state index contributed by atoms with van der Waals surface area (Å²) in [6.45, 7) is 7.29. The molecule has 0 amide bonds. The van der Waals surface area contributed by atoms with Crippen LogP contribution in [0, 0.1) is 0 Å². The topological polar surface area (TPSA) is 21.3 Å². The molecule has 0 unspecified atom stereocenters. The van der Waals surface area contributed by atoms with Gasteiger partial charge in [-0.1, -0.05) is 43.7 Å². The highest BCUT2D eigenvalue weighted by molar-refractivity contribution is 6.30. The van der Waals surface area contributed by atoms with Gasteiger partial charge in [0.1, 0.15) is 11.5 Å². The van der Waals surface area contributed by atoms with Crippen molar-refractivity contribution in [2.45, 2.75) is 26.8 Å². The van der Waals surface area contributed by atoms with E-state index < -0.39 is 0 Å². The third-order valence-electron chi connectivity index (χ3n) is 3.29. The Labute approximate surface area is 137 Å². The van der Waals surface area contributed by atoms with Gasteiger partial charge in [0, 0.05) is 17.6 Å². The fourth-order valence-electron chi connectivity index (χ4n) is 1.99. The van der Waals surface area contributed by atoms with Crippen molar-refractivity contribution in [2.75, 3.05) is 6.54 Å². The molecule has 2 rings (SSSR count). The first-order valence-electron chi connectivity index (χ1n) is 7.48. The number of hydrogen-bond donors (Lipinski definition) is 1. The minimum absolute atomic E-state index is 0.499.